The average Bonchev–Trinajstić information content (AvgIpc) is 2.45. The molecule has 1 fully saturated rings. The van der Waals surface area contributed by atoms with E-state index < -0.39 is 0 Å². The van der Waals surface area contributed by atoms with E-state index in [0.717, 1.165) is 11.3 Å². The van der Waals surface area contributed by atoms with E-state index in [-0.39, 0.29) is 12.2 Å². The van der Waals surface area contributed by atoms with Crippen molar-refractivity contribution in [2.75, 3.05) is 32.0 Å². The Morgan fingerprint density at radius 2 is 2.15 bits per heavy atom. The fraction of sp³-hybridized carbons (Fsp3) is 0.533. The Morgan fingerprint density at radius 1 is 1.45 bits per heavy atom. The fourth-order valence-electron chi connectivity index (χ4n) is 2.06. The van der Waals surface area contributed by atoms with Gasteiger partial charge in [0.15, 0.2) is 0 Å². The van der Waals surface area contributed by atoms with Gasteiger partial charge in [-0.05, 0) is 23.6 Å². The Hall–Kier alpha value is -1.75. The van der Waals surface area contributed by atoms with Crippen LogP contribution in [0.4, 0.5) is 10.5 Å². The molecule has 2 rings (SSSR count). The topological polar surface area (TPSA) is 64.8 Å². The second-order valence-corrected chi connectivity index (χ2v) is 5.44. The van der Waals surface area contributed by atoms with Crippen LogP contribution < -0.4 is 5.73 Å². The number of benzene rings is 1. The van der Waals surface area contributed by atoms with Crippen LogP contribution in [-0.2, 0) is 9.47 Å². The number of amides is 1. The van der Waals surface area contributed by atoms with Crippen molar-refractivity contribution in [2.24, 2.45) is 5.92 Å². The van der Waals surface area contributed by atoms with Crippen molar-refractivity contribution >= 4 is 11.8 Å². The molecule has 1 unspecified atom stereocenters. The van der Waals surface area contributed by atoms with Gasteiger partial charge in [-0.2, -0.15) is 0 Å². The number of nitrogens with two attached hydrogens (primary N) is 1. The summed E-state index contributed by atoms with van der Waals surface area (Å²) >= 11 is 0. The zero-order valence-electron chi connectivity index (χ0n) is 12.0. The van der Waals surface area contributed by atoms with Crippen molar-refractivity contribution < 1.29 is 14.3 Å². The highest BCUT2D eigenvalue weighted by Crippen LogP contribution is 2.23. The normalized spacial score (nSPS) is 19.1. The summed E-state index contributed by atoms with van der Waals surface area (Å²) in [7, 11) is 0. The highest BCUT2D eigenvalue weighted by atomic mass is 16.6. The van der Waals surface area contributed by atoms with Crippen LogP contribution >= 0.6 is 0 Å². The van der Waals surface area contributed by atoms with Crippen molar-refractivity contribution in [3.05, 3.63) is 29.8 Å². The number of nitrogen functional groups attached to an aromatic ring is 1. The average molecular weight is 278 g/mol. The van der Waals surface area contributed by atoms with Gasteiger partial charge < -0.3 is 20.1 Å². The standard InChI is InChI=1S/C15H22N2O3/c1-11(2)10-20-15(18)17-7-8-19-14(9-17)12-3-5-13(16)6-4-12/h3-6,11,14H,7-10,16H2,1-2H3. The fourth-order valence-corrected chi connectivity index (χ4v) is 2.06. The third-order valence-corrected chi connectivity index (χ3v) is 3.17. The lowest BCUT2D eigenvalue weighted by Crippen LogP contribution is -2.42. The molecule has 0 bridgehead atoms. The van der Waals surface area contributed by atoms with E-state index in [1.165, 1.54) is 0 Å². The second-order valence-electron chi connectivity index (χ2n) is 5.44. The van der Waals surface area contributed by atoms with E-state index in [0.29, 0.717) is 32.2 Å². The van der Waals surface area contributed by atoms with E-state index >= 15 is 0 Å². The number of nitrogens with zero attached hydrogens (tertiary/aromatic N) is 1. The molecule has 1 amide bonds. The van der Waals surface area contributed by atoms with Gasteiger partial charge in [-0.1, -0.05) is 26.0 Å². The Balaban J connectivity index is 1.94. The van der Waals surface area contributed by atoms with E-state index in [1.807, 2.05) is 38.1 Å². The number of anilines is 1. The van der Waals surface area contributed by atoms with Crippen molar-refractivity contribution in [2.45, 2.75) is 20.0 Å². The maximum Gasteiger partial charge on any atom is 0.409 e. The van der Waals surface area contributed by atoms with Crippen LogP contribution in [0, 0.1) is 5.92 Å². The third-order valence-electron chi connectivity index (χ3n) is 3.17. The van der Waals surface area contributed by atoms with E-state index in [4.69, 9.17) is 15.2 Å². The molecule has 110 valence electrons. The summed E-state index contributed by atoms with van der Waals surface area (Å²) in [5.74, 6) is 0.341. The van der Waals surface area contributed by atoms with Crippen molar-refractivity contribution in [3.63, 3.8) is 0 Å². The van der Waals surface area contributed by atoms with Crippen LogP contribution in [0.5, 0.6) is 0 Å². The van der Waals surface area contributed by atoms with Crippen molar-refractivity contribution in [1.82, 2.24) is 4.90 Å². The number of hydrogen-bond acceptors (Lipinski definition) is 4. The molecule has 5 heteroatoms. The predicted octanol–water partition coefficient (Wildman–Crippen LogP) is 2.43. The minimum atomic E-state index is -0.262. The largest absolute Gasteiger partial charge is 0.449 e. The maximum absolute atomic E-state index is 12.0. The molecule has 1 aromatic carbocycles. The molecular formula is C15H22N2O3. The molecule has 0 aliphatic carbocycles. The number of ether oxygens (including phenoxy) is 2. The Labute approximate surface area is 119 Å². The molecule has 1 aliphatic rings. The van der Waals surface area contributed by atoms with Crippen LogP contribution in [-0.4, -0.2) is 37.3 Å². The van der Waals surface area contributed by atoms with Crippen LogP contribution in [0.15, 0.2) is 24.3 Å². The van der Waals surface area contributed by atoms with Gasteiger partial charge in [-0.3, -0.25) is 0 Å². The number of morpholine rings is 1. The Bertz CT molecular complexity index is 445. The Morgan fingerprint density at radius 3 is 2.80 bits per heavy atom. The number of hydrogen-bond donors (Lipinski definition) is 1. The Kier molecular flexibility index (Phi) is 4.84. The highest BCUT2D eigenvalue weighted by molar-refractivity contribution is 5.67. The van der Waals surface area contributed by atoms with Crippen molar-refractivity contribution in [3.8, 4) is 0 Å². The predicted molar refractivity (Wildman–Crippen MR) is 77.3 cm³/mol. The van der Waals surface area contributed by atoms with Crippen LogP contribution in [0.25, 0.3) is 0 Å². The summed E-state index contributed by atoms with van der Waals surface area (Å²) in [5, 5.41) is 0. The molecule has 0 aromatic heterocycles. The summed E-state index contributed by atoms with van der Waals surface area (Å²) in [4.78, 5) is 13.7. The smallest absolute Gasteiger partial charge is 0.409 e. The first-order valence-corrected chi connectivity index (χ1v) is 6.95. The first-order valence-electron chi connectivity index (χ1n) is 6.95. The van der Waals surface area contributed by atoms with Gasteiger partial charge in [0, 0.05) is 12.2 Å². The van der Waals surface area contributed by atoms with Gasteiger partial charge in [-0.25, -0.2) is 4.79 Å². The minimum Gasteiger partial charge on any atom is -0.449 e. The summed E-state index contributed by atoms with van der Waals surface area (Å²) in [6.07, 6.45) is -0.376. The van der Waals surface area contributed by atoms with Gasteiger partial charge in [0.1, 0.15) is 6.10 Å². The van der Waals surface area contributed by atoms with Gasteiger partial charge in [-0.15, -0.1) is 0 Å². The molecule has 1 aliphatic heterocycles. The van der Waals surface area contributed by atoms with E-state index in [1.54, 1.807) is 4.90 Å². The first kappa shape index (κ1) is 14.7. The van der Waals surface area contributed by atoms with Gasteiger partial charge >= 0.3 is 6.09 Å². The quantitative estimate of drug-likeness (QED) is 0.862. The monoisotopic (exact) mass is 278 g/mol. The maximum atomic E-state index is 12.0. The molecule has 1 atom stereocenters. The molecule has 0 spiro atoms. The van der Waals surface area contributed by atoms with Crippen LogP contribution in [0.2, 0.25) is 0 Å². The molecule has 1 aromatic rings. The molecular weight excluding hydrogens is 256 g/mol. The van der Waals surface area contributed by atoms with Gasteiger partial charge in [0.05, 0.1) is 19.8 Å². The summed E-state index contributed by atoms with van der Waals surface area (Å²) in [5.41, 5.74) is 7.42. The SMILES string of the molecule is CC(C)COC(=O)N1CCOC(c2ccc(N)cc2)C1. The van der Waals surface area contributed by atoms with Gasteiger partial charge in [0.25, 0.3) is 0 Å². The molecule has 0 saturated carbocycles. The lowest BCUT2D eigenvalue weighted by atomic mass is 10.1. The minimum absolute atomic E-state index is 0.115. The van der Waals surface area contributed by atoms with Crippen LogP contribution in [0.1, 0.15) is 25.5 Å². The van der Waals surface area contributed by atoms with Crippen LogP contribution in [0.3, 0.4) is 0 Å². The summed E-state index contributed by atoms with van der Waals surface area (Å²) in [6, 6.07) is 7.55. The van der Waals surface area contributed by atoms with E-state index in [9.17, 15) is 4.79 Å². The second kappa shape index (κ2) is 6.61. The lowest BCUT2D eigenvalue weighted by molar-refractivity contribution is -0.0297. The third kappa shape index (κ3) is 3.87. The molecule has 5 nitrogen and oxygen atoms in total. The van der Waals surface area contributed by atoms with E-state index in [2.05, 4.69) is 0 Å². The molecule has 20 heavy (non-hydrogen) atoms. The summed E-state index contributed by atoms with van der Waals surface area (Å²) < 4.78 is 11.0. The number of carbonyl (C=O) groups is 1. The summed E-state index contributed by atoms with van der Waals surface area (Å²) in [6.45, 7) is 6.09. The molecule has 2 N–H and O–H groups in total. The molecule has 0 radical (unpaired) electrons. The zero-order chi connectivity index (χ0) is 14.5. The highest BCUT2D eigenvalue weighted by Gasteiger charge is 2.26. The molecule has 1 heterocycles. The zero-order valence-corrected chi connectivity index (χ0v) is 12.0. The first-order chi connectivity index (χ1) is 9.56. The molecule has 1 saturated heterocycles. The van der Waals surface area contributed by atoms with Crippen molar-refractivity contribution in [1.29, 1.82) is 0 Å². The number of rotatable bonds is 3. The number of carbonyl (C=O) groups excluding carboxylic acids is 1. The lowest BCUT2D eigenvalue weighted by Gasteiger charge is -2.32. The van der Waals surface area contributed by atoms with Gasteiger partial charge in [0.2, 0.25) is 0 Å².